The molecule has 18 heavy (non-hydrogen) atoms. The number of amides is 1. The summed E-state index contributed by atoms with van der Waals surface area (Å²) in [6.45, 7) is 5.33. The third kappa shape index (κ3) is 2.08. The maximum Gasteiger partial charge on any atom is 0.246 e. The van der Waals surface area contributed by atoms with Crippen LogP contribution >= 0.6 is 0 Å². The highest BCUT2D eigenvalue weighted by molar-refractivity contribution is 5.87. The van der Waals surface area contributed by atoms with Gasteiger partial charge in [-0.3, -0.25) is 4.79 Å². The molecule has 1 saturated heterocycles. The van der Waals surface area contributed by atoms with Crippen LogP contribution in [0.15, 0.2) is 30.3 Å². The lowest BCUT2D eigenvalue weighted by Crippen LogP contribution is -2.68. The van der Waals surface area contributed by atoms with Crippen LogP contribution in [-0.2, 0) is 4.79 Å². The van der Waals surface area contributed by atoms with Crippen molar-refractivity contribution in [2.24, 2.45) is 5.73 Å². The van der Waals surface area contributed by atoms with Gasteiger partial charge in [0.15, 0.2) is 0 Å². The van der Waals surface area contributed by atoms with Gasteiger partial charge in [-0.05, 0) is 26.0 Å². The molecule has 1 fully saturated rings. The van der Waals surface area contributed by atoms with E-state index in [1.54, 1.807) is 4.90 Å². The maximum absolute atomic E-state index is 12.2. The van der Waals surface area contributed by atoms with E-state index in [9.17, 15) is 4.79 Å². The monoisotopic (exact) mass is 247 g/mol. The largest absolute Gasteiger partial charge is 0.351 e. The molecule has 1 heterocycles. The van der Waals surface area contributed by atoms with E-state index in [1.165, 1.54) is 0 Å². The van der Waals surface area contributed by atoms with Crippen molar-refractivity contribution >= 4 is 11.6 Å². The van der Waals surface area contributed by atoms with Gasteiger partial charge in [0.05, 0.1) is 5.54 Å². The fourth-order valence-electron chi connectivity index (χ4n) is 2.85. The number of carbonyl (C=O) groups is 1. The second-order valence-electron chi connectivity index (χ2n) is 5.46. The number of hydrogen-bond acceptors (Lipinski definition) is 3. The van der Waals surface area contributed by atoms with Crippen LogP contribution in [0.2, 0.25) is 0 Å². The van der Waals surface area contributed by atoms with Crippen molar-refractivity contribution in [2.45, 2.75) is 25.4 Å². The third-order valence-corrected chi connectivity index (χ3v) is 3.51. The number of carbonyl (C=O) groups excluding carboxylic acids is 1. The summed E-state index contributed by atoms with van der Waals surface area (Å²) < 4.78 is 0. The highest BCUT2D eigenvalue weighted by atomic mass is 16.2. The topological polar surface area (TPSA) is 49.6 Å². The number of para-hydroxylation sites is 1. The fraction of sp³-hybridized carbons (Fsp3) is 0.500. The number of piperazine rings is 1. The number of hydrogen-bond donors (Lipinski definition) is 1. The molecule has 4 heteroatoms. The summed E-state index contributed by atoms with van der Waals surface area (Å²) in [4.78, 5) is 16.2. The molecule has 0 saturated carbocycles. The minimum Gasteiger partial charge on any atom is -0.351 e. The van der Waals surface area contributed by atoms with Crippen molar-refractivity contribution in [2.75, 3.05) is 25.0 Å². The van der Waals surface area contributed by atoms with Gasteiger partial charge in [-0.15, -0.1) is 0 Å². The van der Waals surface area contributed by atoms with Gasteiger partial charge in [0.1, 0.15) is 6.04 Å². The van der Waals surface area contributed by atoms with Crippen molar-refractivity contribution in [3.05, 3.63) is 30.3 Å². The van der Waals surface area contributed by atoms with E-state index in [-0.39, 0.29) is 17.5 Å². The average Bonchev–Trinajstić information content (AvgIpc) is 2.33. The number of nitrogens with zero attached hydrogens (tertiary/aromatic N) is 2. The van der Waals surface area contributed by atoms with E-state index in [2.05, 4.69) is 18.7 Å². The summed E-state index contributed by atoms with van der Waals surface area (Å²) in [5, 5.41) is 0. The highest BCUT2D eigenvalue weighted by Crippen LogP contribution is 2.31. The Bertz CT molecular complexity index is 430. The minimum absolute atomic E-state index is 0.0979. The molecule has 2 rings (SSSR count). The van der Waals surface area contributed by atoms with Gasteiger partial charge in [0.25, 0.3) is 0 Å². The maximum atomic E-state index is 12.2. The fourth-order valence-corrected chi connectivity index (χ4v) is 2.85. The van der Waals surface area contributed by atoms with E-state index in [1.807, 2.05) is 37.4 Å². The Morgan fingerprint density at radius 3 is 2.50 bits per heavy atom. The molecule has 1 aromatic carbocycles. The first kappa shape index (κ1) is 12.9. The second-order valence-corrected chi connectivity index (χ2v) is 5.46. The number of nitrogens with two attached hydrogens (primary N) is 1. The number of likely N-dealkylation sites (N-methyl/N-ethyl adjacent to an activating group) is 1. The van der Waals surface area contributed by atoms with Crippen molar-refractivity contribution in [1.29, 1.82) is 0 Å². The van der Waals surface area contributed by atoms with Gasteiger partial charge >= 0.3 is 0 Å². The van der Waals surface area contributed by atoms with Crippen LogP contribution in [0.5, 0.6) is 0 Å². The number of anilines is 1. The van der Waals surface area contributed by atoms with Crippen LogP contribution in [0.25, 0.3) is 0 Å². The molecule has 1 amide bonds. The number of benzene rings is 1. The molecule has 0 aliphatic carbocycles. The van der Waals surface area contributed by atoms with Crippen molar-refractivity contribution in [1.82, 2.24) is 4.90 Å². The van der Waals surface area contributed by atoms with E-state index < -0.39 is 0 Å². The van der Waals surface area contributed by atoms with Crippen LogP contribution in [-0.4, -0.2) is 42.5 Å². The molecular weight excluding hydrogens is 226 g/mol. The summed E-state index contributed by atoms with van der Waals surface area (Å²) in [6.07, 6.45) is 0. The predicted octanol–water partition coefficient (Wildman–Crippen LogP) is 1.07. The minimum atomic E-state index is -0.277. The first-order valence-electron chi connectivity index (χ1n) is 6.27. The molecule has 0 bridgehead atoms. The molecule has 1 aliphatic heterocycles. The van der Waals surface area contributed by atoms with Gasteiger partial charge < -0.3 is 15.5 Å². The molecule has 1 aromatic rings. The summed E-state index contributed by atoms with van der Waals surface area (Å²) >= 11 is 0. The third-order valence-electron chi connectivity index (χ3n) is 3.51. The molecule has 0 spiro atoms. The van der Waals surface area contributed by atoms with Crippen LogP contribution in [0.3, 0.4) is 0 Å². The normalized spacial score (nSPS) is 23.3. The molecule has 1 unspecified atom stereocenters. The van der Waals surface area contributed by atoms with E-state index in [0.29, 0.717) is 13.1 Å². The highest BCUT2D eigenvalue weighted by Gasteiger charge is 2.43. The van der Waals surface area contributed by atoms with E-state index in [0.717, 1.165) is 5.69 Å². The molecule has 1 atom stereocenters. The van der Waals surface area contributed by atoms with Crippen molar-refractivity contribution in [3.8, 4) is 0 Å². The molecule has 1 aliphatic rings. The second kappa shape index (κ2) is 4.61. The average molecular weight is 247 g/mol. The van der Waals surface area contributed by atoms with Gasteiger partial charge in [-0.25, -0.2) is 0 Å². The summed E-state index contributed by atoms with van der Waals surface area (Å²) in [6, 6.07) is 9.74. The molecule has 0 aromatic heterocycles. The number of rotatable bonds is 2. The Balaban J connectivity index is 2.43. The Kier molecular flexibility index (Phi) is 3.30. The van der Waals surface area contributed by atoms with Crippen LogP contribution in [0.4, 0.5) is 5.69 Å². The SMILES string of the molecule is CN1CC(C)(C)N(c2ccccc2)C(CN)C1=O. The van der Waals surface area contributed by atoms with E-state index >= 15 is 0 Å². The van der Waals surface area contributed by atoms with Crippen LogP contribution in [0, 0.1) is 0 Å². The molecular formula is C14H21N3O. The summed E-state index contributed by atoms with van der Waals surface area (Å²) in [5.74, 6) is 0.0979. The molecule has 98 valence electrons. The van der Waals surface area contributed by atoms with Gasteiger partial charge in [-0.2, -0.15) is 0 Å². The smallest absolute Gasteiger partial charge is 0.246 e. The predicted molar refractivity (Wildman–Crippen MR) is 73.5 cm³/mol. The van der Waals surface area contributed by atoms with Gasteiger partial charge in [0, 0.05) is 25.8 Å². The first-order chi connectivity index (χ1) is 8.47. The van der Waals surface area contributed by atoms with E-state index in [4.69, 9.17) is 5.73 Å². The summed E-state index contributed by atoms with van der Waals surface area (Å²) in [7, 11) is 1.84. The lowest BCUT2D eigenvalue weighted by atomic mass is 9.93. The lowest BCUT2D eigenvalue weighted by Gasteiger charge is -2.51. The zero-order valence-electron chi connectivity index (χ0n) is 11.3. The van der Waals surface area contributed by atoms with Crippen molar-refractivity contribution < 1.29 is 4.79 Å². The Morgan fingerprint density at radius 2 is 1.94 bits per heavy atom. The standard InChI is InChI=1S/C14H21N3O/c1-14(2)10-16(3)13(18)12(9-15)17(14)11-7-5-4-6-8-11/h4-8,12H,9-10,15H2,1-3H3. The Hall–Kier alpha value is -1.55. The zero-order chi connectivity index (χ0) is 13.3. The lowest BCUT2D eigenvalue weighted by molar-refractivity contribution is -0.134. The quantitative estimate of drug-likeness (QED) is 0.850. The molecule has 4 nitrogen and oxygen atoms in total. The van der Waals surface area contributed by atoms with Crippen molar-refractivity contribution in [3.63, 3.8) is 0 Å². The molecule has 2 N–H and O–H groups in total. The van der Waals surface area contributed by atoms with Crippen LogP contribution < -0.4 is 10.6 Å². The Labute approximate surface area is 108 Å². The van der Waals surface area contributed by atoms with Gasteiger partial charge in [0.2, 0.25) is 5.91 Å². The Morgan fingerprint density at radius 1 is 1.33 bits per heavy atom. The zero-order valence-corrected chi connectivity index (χ0v) is 11.3. The molecule has 0 radical (unpaired) electrons. The first-order valence-corrected chi connectivity index (χ1v) is 6.27. The summed E-state index contributed by atoms with van der Waals surface area (Å²) in [5.41, 5.74) is 6.75. The van der Waals surface area contributed by atoms with Crippen LogP contribution in [0.1, 0.15) is 13.8 Å². The van der Waals surface area contributed by atoms with Gasteiger partial charge in [-0.1, -0.05) is 18.2 Å².